The fourth-order valence-corrected chi connectivity index (χ4v) is 3.66. The van der Waals surface area contributed by atoms with E-state index in [0.717, 1.165) is 25.1 Å². The zero-order chi connectivity index (χ0) is 15.3. The molecule has 1 aromatic rings. The van der Waals surface area contributed by atoms with Gasteiger partial charge in [0.05, 0.1) is 11.7 Å². The fourth-order valence-electron chi connectivity index (χ4n) is 2.39. The zero-order valence-electron chi connectivity index (χ0n) is 11.7. The van der Waals surface area contributed by atoms with Crippen molar-refractivity contribution in [2.24, 2.45) is 0 Å². The minimum Gasteiger partial charge on any atom is -0.387 e. The van der Waals surface area contributed by atoms with Crippen LogP contribution in [0, 0.1) is 0 Å². The SMILES string of the molecule is OC(CNCC1CCCCS1)c1cccc(C(F)(F)F)c1. The van der Waals surface area contributed by atoms with Crippen LogP contribution in [0.1, 0.15) is 36.5 Å². The van der Waals surface area contributed by atoms with E-state index >= 15 is 0 Å². The van der Waals surface area contributed by atoms with E-state index in [1.165, 1.54) is 30.7 Å². The highest BCUT2D eigenvalue weighted by molar-refractivity contribution is 7.99. The van der Waals surface area contributed by atoms with Gasteiger partial charge in [-0.25, -0.2) is 0 Å². The number of hydrogen-bond acceptors (Lipinski definition) is 3. The Morgan fingerprint density at radius 1 is 1.33 bits per heavy atom. The Morgan fingerprint density at radius 2 is 2.14 bits per heavy atom. The van der Waals surface area contributed by atoms with Gasteiger partial charge in [0.1, 0.15) is 0 Å². The van der Waals surface area contributed by atoms with Crippen LogP contribution >= 0.6 is 11.8 Å². The summed E-state index contributed by atoms with van der Waals surface area (Å²) in [7, 11) is 0. The van der Waals surface area contributed by atoms with Crippen molar-refractivity contribution >= 4 is 11.8 Å². The highest BCUT2D eigenvalue weighted by Crippen LogP contribution is 2.30. The number of alkyl halides is 3. The largest absolute Gasteiger partial charge is 0.416 e. The van der Waals surface area contributed by atoms with Crippen molar-refractivity contribution in [1.29, 1.82) is 0 Å². The van der Waals surface area contributed by atoms with Crippen molar-refractivity contribution in [2.45, 2.75) is 36.8 Å². The van der Waals surface area contributed by atoms with E-state index in [1.807, 2.05) is 11.8 Å². The molecule has 1 aromatic carbocycles. The molecule has 0 bridgehead atoms. The average molecular weight is 319 g/mol. The Bertz CT molecular complexity index is 447. The van der Waals surface area contributed by atoms with Crippen LogP contribution in [0.4, 0.5) is 13.2 Å². The molecule has 1 heterocycles. The third-order valence-electron chi connectivity index (χ3n) is 3.58. The second-order valence-corrected chi connectivity index (χ2v) is 6.69. The van der Waals surface area contributed by atoms with Gasteiger partial charge in [-0.05, 0) is 36.3 Å². The molecular formula is C15H20F3NOS. The van der Waals surface area contributed by atoms with Crippen molar-refractivity contribution in [3.05, 3.63) is 35.4 Å². The van der Waals surface area contributed by atoms with Crippen LogP contribution in [-0.2, 0) is 6.18 Å². The maximum absolute atomic E-state index is 12.6. The molecular weight excluding hydrogens is 299 g/mol. The lowest BCUT2D eigenvalue weighted by Crippen LogP contribution is -2.30. The molecule has 1 fully saturated rings. The minimum atomic E-state index is -4.37. The first-order valence-electron chi connectivity index (χ1n) is 7.14. The number of aliphatic hydroxyl groups is 1. The molecule has 1 aliphatic rings. The second-order valence-electron chi connectivity index (χ2n) is 5.29. The van der Waals surface area contributed by atoms with Gasteiger partial charge >= 0.3 is 6.18 Å². The molecule has 2 atom stereocenters. The van der Waals surface area contributed by atoms with Crippen LogP contribution in [0.2, 0.25) is 0 Å². The number of rotatable bonds is 5. The normalized spacial score (nSPS) is 21.2. The smallest absolute Gasteiger partial charge is 0.387 e. The molecule has 6 heteroatoms. The van der Waals surface area contributed by atoms with Crippen molar-refractivity contribution in [1.82, 2.24) is 5.32 Å². The van der Waals surface area contributed by atoms with Crippen molar-refractivity contribution in [3.63, 3.8) is 0 Å². The maximum Gasteiger partial charge on any atom is 0.416 e. The zero-order valence-corrected chi connectivity index (χ0v) is 12.5. The van der Waals surface area contributed by atoms with Gasteiger partial charge < -0.3 is 10.4 Å². The molecule has 0 spiro atoms. The minimum absolute atomic E-state index is 0.276. The molecule has 2 rings (SSSR count). The van der Waals surface area contributed by atoms with E-state index in [-0.39, 0.29) is 6.54 Å². The summed E-state index contributed by atoms with van der Waals surface area (Å²) in [5.74, 6) is 1.17. The van der Waals surface area contributed by atoms with Crippen LogP contribution in [-0.4, -0.2) is 29.2 Å². The second kappa shape index (κ2) is 7.51. The molecule has 0 aliphatic carbocycles. The van der Waals surface area contributed by atoms with Crippen LogP contribution in [0.5, 0.6) is 0 Å². The lowest BCUT2D eigenvalue weighted by molar-refractivity contribution is -0.137. The summed E-state index contributed by atoms with van der Waals surface area (Å²) in [6.07, 6.45) is -1.64. The van der Waals surface area contributed by atoms with Gasteiger partial charge in [0.2, 0.25) is 0 Å². The van der Waals surface area contributed by atoms with Crippen molar-refractivity contribution in [2.75, 3.05) is 18.8 Å². The molecule has 21 heavy (non-hydrogen) atoms. The molecule has 0 saturated carbocycles. The lowest BCUT2D eigenvalue weighted by atomic mass is 10.1. The summed E-state index contributed by atoms with van der Waals surface area (Å²) in [4.78, 5) is 0. The summed E-state index contributed by atoms with van der Waals surface area (Å²) in [6, 6.07) is 4.89. The van der Waals surface area contributed by atoms with Crippen molar-refractivity contribution in [3.8, 4) is 0 Å². The number of nitrogens with one attached hydrogen (secondary N) is 1. The highest BCUT2D eigenvalue weighted by Gasteiger charge is 2.30. The quantitative estimate of drug-likeness (QED) is 0.869. The molecule has 0 aromatic heterocycles. The Morgan fingerprint density at radius 3 is 2.81 bits per heavy atom. The van der Waals surface area contributed by atoms with Gasteiger partial charge in [0.15, 0.2) is 0 Å². The van der Waals surface area contributed by atoms with Crippen molar-refractivity contribution < 1.29 is 18.3 Å². The van der Waals surface area contributed by atoms with Gasteiger partial charge in [-0.3, -0.25) is 0 Å². The van der Waals surface area contributed by atoms with E-state index in [1.54, 1.807) is 0 Å². The summed E-state index contributed by atoms with van der Waals surface area (Å²) >= 11 is 1.92. The van der Waals surface area contributed by atoms with E-state index in [0.29, 0.717) is 10.8 Å². The summed E-state index contributed by atoms with van der Waals surface area (Å²) in [5, 5.41) is 13.7. The first-order chi connectivity index (χ1) is 9.97. The van der Waals surface area contributed by atoms with E-state index in [9.17, 15) is 18.3 Å². The fraction of sp³-hybridized carbons (Fsp3) is 0.600. The lowest BCUT2D eigenvalue weighted by Gasteiger charge is -2.22. The summed E-state index contributed by atoms with van der Waals surface area (Å²) in [6.45, 7) is 1.07. The third kappa shape index (κ3) is 5.20. The van der Waals surface area contributed by atoms with Gasteiger partial charge in [-0.1, -0.05) is 18.6 Å². The molecule has 0 amide bonds. The van der Waals surface area contributed by atoms with Gasteiger partial charge in [-0.2, -0.15) is 24.9 Å². The first kappa shape index (κ1) is 16.6. The Balaban J connectivity index is 1.83. The monoisotopic (exact) mass is 319 g/mol. The van der Waals surface area contributed by atoms with Gasteiger partial charge in [0, 0.05) is 18.3 Å². The topological polar surface area (TPSA) is 32.3 Å². The Hall–Kier alpha value is -0.720. The molecule has 2 nitrogen and oxygen atoms in total. The van der Waals surface area contributed by atoms with E-state index in [2.05, 4.69) is 5.32 Å². The number of thioether (sulfide) groups is 1. The number of benzene rings is 1. The Kier molecular flexibility index (Phi) is 5.96. The number of aliphatic hydroxyl groups excluding tert-OH is 1. The van der Waals surface area contributed by atoms with Gasteiger partial charge in [-0.15, -0.1) is 0 Å². The summed E-state index contributed by atoms with van der Waals surface area (Å²) < 4.78 is 37.9. The average Bonchev–Trinajstić information content (AvgIpc) is 2.47. The first-order valence-corrected chi connectivity index (χ1v) is 8.19. The number of halogens is 3. The standard InChI is InChI=1S/C15H20F3NOS/c16-15(17,18)12-5-3-4-11(8-12)14(20)10-19-9-13-6-1-2-7-21-13/h3-5,8,13-14,19-20H,1-2,6-7,9-10H2. The predicted octanol–water partition coefficient (Wildman–Crippen LogP) is 3.61. The molecule has 118 valence electrons. The van der Waals surface area contributed by atoms with E-state index in [4.69, 9.17) is 0 Å². The van der Waals surface area contributed by atoms with Crippen LogP contribution in [0.15, 0.2) is 24.3 Å². The maximum atomic E-state index is 12.6. The highest BCUT2D eigenvalue weighted by atomic mass is 32.2. The van der Waals surface area contributed by atoms with Crippen LogP contribution < -0.4 is 5.32 Å². The molecule has 2 N–H and O–H groups in total. The van der Waals surface area contributed by atoms with E-state index < -0.39 is 17.8 Å². The number of hydrogen-bond donors (Lipinski definition) is 2. The third-order valence-corrected chi connectivity index (χ3v) is 4.98. The summed E-state index contributed by atoms with van der Waals surface area (Å²) in [5.41, 5.74) is -0.421. The molecule has 1 saturated heterocycles. The molecule has 1 aliphatic heterocycles. The molecule has 0 radical (unpaired) electrons. The van der Waals surface area contributed by atoms with Crippen LogP contribution in [0.25, 0.3) is 0 Å². The van der Waals surface area contributed by atoms with Crippen LogP contribution in [0.3, 0.4) is 0 Å². The van der Waals surface area contributed by atoms with Gasteiger partial charge in [0.25, 0.3) is 0 Å². The Labute approximate surface area is 127 Å². The predicted molar refractivity (Wildman–Crippen MR) is 79.4 cm³/mol. The molecule has 2 unspecified atom stereocenters.